The summed E-state index contributed by atoms with van der Waals surface area (Å²) in [4.78, 5) is 10.6. The summed E-state index contributed by atoms with van der Waals surface area (Å²) in [5.41, 5.74) is 1.99. The molecule has 0 spiro atoms. The summed E-state index contributed by atoms with van der Waals surface area (Å²) in [5.74, 6) is 0.239. The summed E-state index contributed by atoms with van der Waals surface area (Å²) in [6, 6.07) is 5.68. The lowest BCUT2D eigenvalue weighted by atomic mass is 10.0. The molecule has 0 aliphatic heterocycles. The molecule has 0 bridgehead atoms. The molecule has 0 fully saturated rings. The van der Waals surface area contributed by atoms with Gasteiger partial charge >= 0.3 is 0 Å². The van der Waals surface area contributed by atoms with Crippen LogP contribution in [0.15, 0.2) is 18.2 Å². The predicted octanol–water partition coefficient (Wildman–Crippen LogP) is 7.94. The highest BCUT2D eigenvalue weighted by atomic mass is 16.3. The Hall–Kier alpha value is -1.31. The summed E-state index contributed by atoms with van der Waals surface area (Å²) in [7, 11) is 0. The maximum atomic E-state index is 10.6. The van der Waals surface area contributed by atoms with Crippen LogP contribution >= 0.6 is 0 Å². The first-order valence-electron chi connectivity index (χ1n) is 12.0. The van der Waals surface area contributed by atoms with Crippen LogP contribution in [-0.4, -0.2) is 11.4 Å². The predicted molar refractivity (Wildman–Crippen MR) is 121 cm³/mol. The largest absolute Gasteiger partial charge is 0.508 e. The first-order chi connectivity index (χ1) is 13.8. The minimum Gasteiger partial charge on any atom is -0.508 e. The zero-order valence-corrected chi connectivity index (χ0v) is 18.4. The fourth-order valence-electron chi connectivity index (χ4n) is 3.92. The van der Waals surface area contributed by atoms with Crippen molar-refractivity contribution >= 4 is 6.29 Å². The number of phenolic OH excluding ortho intramolecular Hbond substituents is 1. The lowest BCUT2D eigenvalue weighted by Crippen LogP contribution is -1.92. The molecule has 0 unspecified atom stereocenters. The lowest BCUT2D eigenvalue weighted by Gasteiger charge is -2.06. The van der Waals surface area contributed by atoms with Crippen LogP contribution in [0, 0.1) is 0 Å². The second-order valence-corrected chi connectivity index (χ2v) is 8.39. The van der Waals surface area contributed by atoms with Crippen LogP contribution in [-0.2, 0) is 17.6 Å². The maximum Gasteiger partial charge on any atom is 0.124 e. The van der Waals surface area contributed by atoms with Crippen LogP contribution in [0.2, 0.25) is 0 Å². The zero-order chi connectivity index (χ0) is 20.3. The minimum atomic E-state index is 0.239. The van der Waals surface area contributed by atoms with Gasteiger partial charge in [0.1, 0.15) is 12.0 Å². The number of unbranched alkanes of at least 4 members (excludes halogenated alkanes) is 15. The quantitative estimate of drug-likeness (QED) is 0.193. The van der Waals surface area contributed by atoms with Crippen LogP contribution < -0.4 is 0 Å². The number of carbonyl (C=O) groups is 1. The number of phenols is 1. The number of carbonyl (C=O) groups excluding carboxylic acids is 1. The molecule has 1 aromatic carbocycles. The Balaban J connectivity index is 1.87. The van der Waals surface area contributed by atoms with E-state index in [1.54, 1.807) is 6.07 Å². The summed E-state index contributed by atoms with van der Waals surface area (Å²) < 4.78 is 0. The van der Waals surface area contributed by atoms with Crippen LogP contribution in [0.25, 0.3) is 0 Å². The Labute approximate surface area is 174 Å². The molecule has 0 heterocycles. The van der Waals surface area contributed by atoms with Crippen LogP contribution in [0.4, 0.5) is 0 Å². The molecule has 2 heteroatoms. The van der Waals surface area contributed by atoms with E-state index in [0.717, 1.165) is 18.3 Å². The highest BCUT2D eigenvalue weighted by molar-refractivity contribution is 5.57. The zero-order valence-electron chi connectivity index (χ0n) is 18.4. The monoisotopic (exact) mass is 388 g/mol. The second kappa shape index (κ2) is 17.8. The minimum absolute atomic E-state index is 0.239. The van der Waals surface area contributed by atoms with E-state index in [9.17, 15) is 9.90 Å². The first-order valence-corrected chi connectivity index (χ1v) is 12.0. The summed E-state index contributed by atoms with van der Waals surface area (Å²) in [6.45, 7) is 2.28. The summed E-state index contributed by atoms with van der Waals surface area (Å²) in [5, 5.41) is 9.72. The average Bonchev–Trinajstić information content (AvgIpc) is 2.70. The van der Waals surface area contributed by atoms with Crippen LogP contribution in [0.3, 0.4) is 0 Å². The second-order valence-electron chi connectivity index (χ2n) is 8.39. The summed E-state index contributed by atoms with van der Waals surface area (Å²) in [6.07, 6.45) is 24.4. The topological polar surface area (TPSA) is 37.3 Å². The van der Waals surface area contributed by atoms with Crippen molar-refractivity contribution < 1.29 is 9.90 Å². The van der Waals surface area contributed by atoms with Gasteiger partial charge in [0.2, 0.25) is 0 Å². The molecule has 1 N–H and O–H groups in total. The van der Waals surface area contributed by atoms with E-state index in [4.69, 9.17) is 0 Å². The van der Waals surface area contributed by atoms with E-state index in [0.29, 0.717) is 6.42 Å². The molecule has 0 aliphatic rings. The van der Waals surface area contributed by atoms with Gasteiger partial charge in [-0.1, -0.05) is 115 Å². The molecule has 0 saturated carbocycles. The number of benzene rings is 1. The Kier molecular flexibility index (Phi) is 15.7. The van der Waals surface area contributed by atoms with Gasteiger partial charge in [-0.25, -0.2) is 0 Å². The van der Waals surface area contributed by atoms with Crippen molar-refractivity contribution in [2.45, 2.75) is 122 Å². The lowest BCUT2D eigenvalue weighted by molar-refractivity contribution is -0.107. The van der Waals surface area contributed by atoms with E-state index in [1.807, 2.05) is 12.1 Å². The Morgan fingerprint density at radius 2 is 1.18 bits per heavy atom. The third-order valence-electron chi connectivity index (χ3n) is 5.77. The van der Waals surface area contributed by atoms with Crippen LogP contribution in [0.5, 0.6) is 5.75 Å². The van der Waals surface area contributed by atoms with Gasteiger partial charge in [-0.3, -0.25) is 0 Å². The SMILES string of the molecule is CCCCCCCCCCCCCCCCCCc1ccc(O)c(CC=O)c1. The number of aromatic hydroxyl groups is 1. The fourth-order valence-corrected chi connectivity index (χ4v) is 3.92. The van der Waals surface area contributed by atoms with Crippen molar-refractivity contribution in [2.24, 2.45) is 0 Å². The molecular weight excluding hydrogens is 344 g/mol. The van der Waals surface area contributed by atoms with Crippen molar-refractivity contribution in [3.8, 4) is 5.75 Å². The first kappa shape index (κ1) is 24.7. The number of hydrogen-bond donors (Lipinski definition) is 1. The third-order valence-corrected chi connectivity index (χ3v) is 5.77. The van der Waals surface area contributed by atoms with Crippen LogP contribution in [0.1, 0.15) is 121 Å². The third kappa shape index (κ3) is 13.0. The standard InChI is InChI=1S/C26H44O2/c1-2-3-4-5-6-7-8-9-10-11-12-13-14-15-16-17-18-24-19-20-26(28)25(23-24)21-22-27/h19-20,22-23,28H,2-18,21H2,1H3. The molecule has 1 aromatic rings. The van der Waals surface area contributed by atoms with E-state index < -0.39 is 0 Å². The Morgan fingerprint density at radius 1 is 0.714 bits per heavy atom. The van der Waals surface area contributed by atoms with Gasteiger partial charge in [0, 0.05) is 12.0 Å². The van der Waals surface area contributed by atoms with Crippen molar-refractivity contribution in [3.63, 3.8) is 0 Å². The van der Waals surface area contributed by atoms with Crippen molar-refractivity contribution in [2.75, 3.05) is 0 Å². The average molecular weight is 389 g/mol. The highest BCUT2D eigenvalue weighted by Gasteiger charge is 2.02. The number of aldehydes is 1. The molecule has 0 aromatic heterocycles. The summed E-state index contributed by atoms with van der Waals surface area (Å²) >= 11 is 0. The molecule has 160 valence electrons. The maximum absolute atomic E-state index is 10.6. The molecule has 0 atom stereocenters. The van der Waals surface area contributed by atoms with Gasteiger partial charge < -0.3 is 9.90 Å². The van der Waals surface area contributed by atoms with Gasteiger partial charge in [-0.2, -0.15) is 0 Å². The Bertz CT molecular complexity index is 495. The molecular formula is C26H44O2. The van der Waals surface area contributed by atoms with Crippen molar-refractivity contribution in [1.82, 2.24) is 0 Å². The molecule has 1 rings (SSSR count). The highest BCUT2D eigenvalue weighted by Crippen LogP contribution is 2.20. The van der Waals surface area contributed by atoms with Crippen molar-refractivity contribution in [1.29, 1.82) is 0 Å². The molecule has 2 nitrogen and oxygen atoms in total. The van der Waals surface area contributed by atoms with E-state index in [1.165, 1.54) is 108 Å². The van der Waals surface area contributed by atoms with E-state index >= 15 is 0 Å². The van der Waals surface area contributed by atoms with Gasteiger partial charge in [-0.05, 0) is 24.5 Å². The van der Waals surface area contributed by atoms with Crippen molar-refractivity contribution in [3.05, 3.63) is 29.3 Å². The van der Waals surface area contributed by atoms with Gasteiger partial charge in [-0.15, -0.1) is 0 Å². The van der Waals surface area contributed by atoms with Gasteiger partial charge in [0.05, 0.1) is 0 Å². The molecule has 0 radical (unpaired) electrons. The smallest absolute Gasteiger partial charge is 0.124 e. The van der Waals surface area contributed by atoms with Gasteiger partial charge in [0.15, 0.2) is 0 Å². The Morgan fingerprint density at radius 3 is 1.64 bits per heavy atom. The number of hydrogen-bond acceptors (Lipinski definition) is 2. The fraction of sp³-hybridized carbons (Fsp3) is 0.731. The molecule has 0 amide bonds. The molecule has 0 saturated heterocycles. The molecule has 28 heavy (non-hydrogen) atoms. The number of rotatable bonds is 19. The normalized spacial score (nSPS) is 11.0. The van der Waals surface area contributed by atoms with E-state index in [2.05, 4.69) is 6.92 Å². The van der Waals surface area contributed by atoms with E-state index in [-0.39, 0.29) is 5.75 Å². The number of aryl methyl sites for hydroxylation is 1. The molecule has 0 aliphatic carbocycles. The van der Waals surface area contributed by atoms with Gasteiger partial charge in [0.25, 0.3) is 0 Å².